The summed E-state index contributed by atoms with van der Waals surface area (Å²) in [5.74, 6) is -0.00601. The van der Waals surface area contributed by atoms with Crippen LogP contribution in [0.5, 0.6) is 0 Å². The average molecular weight is 324 g/mol. The minimum absolute atomic E-state index is 0.00601. The average Bonchev–Trinajstić information content (AvgIpc) is 2.26. The zero-order valence-electron chi connectivity index (χ0n) is 11.4. The van der Waals surface area contributed by atoms with Crippen molar-refractivity contribution in [2.24, 2.45) is 0 Å². The molecule has 0 saturated heterocycles. The molecule has 0 radical (unpaired) electrons. The topological polar surface area (TPSA) is 64.9 Å². The number of hydrogen-bond donors (Lipinski definition) is 2. The summed E-state index contributed by atoms with van der Waals surface area (Å²) in [6, 6.07) is 7.62. The van der Waals surface area contributed by atoms with Crippen LogP contribution in [0, 0.1) is 11.3 Å². The standard InChI is InChI=1S/C14H18BrN3O/c1-14(2,3)18-13(19)7-8-17-12-6-4-5-11(15)10(12)9-16/h4-6,17H,7-8H2,1-3H3,(H,18,19). The van der Waals surface area contributed by atoms with Gasteiger partial charge in [0.15, 0.2) is 0 Å². The van der Waals surface area contributed by atoms with Crippen molar-refractivity contribution in [3.63, 3.8) is 0 Å². The molecule has 5 heteroatoms. The molecule has 2 N–H and O–H groups in total. The van der Waals surface area contributed by atoms with Crippen molar-refractivity contribution in [2.75, 3.05) is 11.9 Å². The third kappa shape index (κ3) is 5.31. The van der Waals surface area contributed by atoms with E-state index in [9.17, 15) is 4.79 Å². The number of nitrogens with zero attached hydrogens (tertiary/aromatic N) is 1. The van der Waals surface area contributed by atoms with Gasteiger partial charge in [-0.15, -0.1) is 0 Å². The van der Waals surface area contributed by atoms with E-state index >= 15 is 0 Å². The van der Waals surface area contributed by atoms with Crippen molar-refractivity contribution >= 4 is 27.5 Å². The third-order valence-corrected chi connectivity index (χ3v) is 2.97. The fourth-order valence-corrected chi connectivity index (χ4v) is 2.03. The maximum absolute atomic E-state index is 11.6. The van der Waals surface area contributed by atoms with Gasteiger partial charge in [-0.05, 0) is 48.8 Å². The van der Waals surface area contributed by atoms with Crippen LogP contribution in [0.4, 0.5) is 5.69 Å². The van der Waals surface area contributed by atoms with Crippen LogP contribution in [0.3, 0.4) is 0 Å². The largest absolute Gasteiger partial charge is 0.383 e. The minimum atomic E-state index is -0.218. The number of nitriles is 1. The molecule has 0 atom stereocenters. The lowest BCUT2D eigenvalue weighted by Crippen LogP contribution is -2.41. The molecule has 0 bridgehead atoms. The summed E-state index contributed by atoms with van der Waals surface area (Å²) < 4.78 is 0.749. The predicted molar refractivity (Wildman–Crippen MR) is 79.9 cm³/mol. The van der Waals surface area contributed by atoms with E-state index in [1.807, 2.05) is 39.0 Å². The van der Waals surface area contributed by atoms with Gasteiger partial charge in [0.2, 0.25) is 5.91 Å². The molecule has 0 heterocycles. The smallest absolute Gasteiger partial charge is 0.222 e. The Labute approximate surface area is 122 Å². The Morgan fingerprint density at radius 2 is 2.11 bits per heavy atom. The second kappa shape index (κ2) is 6.58. The molecule has 0 aliphatic rings. The Morgan fingerprint density at radius 3 is 2.68 bits per heavy atom. The van der Waals surface area contributed by atoms with Gasteiger partial charge in [-0.2, -0.15) is 5.26 Å². The van der Waals surface area contributed by atoms with Crippen molar-refractivity contribution in [1.82, 2.24) is 5.32 Å². The Morgan fingerprint density at radius 1 is 1.42 bits per heavy atom. The first-order valence-electron chi connectivity index (χ1n) is 6.07. The molecule has 0 aromatic heterocycles. The lowest BCUT2D eigenvalue weighted by molar-refractivity contribution is -0.122. The van der Waals surface area contributed by atoms with Gasteiger partial charge in [-0.25, -0.2) is 0 Å². The molecule has 4 nitrogen and oxygen atoms in total. The van der Waals surface area contributed by atoms with E-state index in [0.717, 1.165) is 10.2 Å². The van der Waals surface area contributed by atoms with E-state index in [2.05, 4.69) is 32.6 Å². The summed E-state index contributed by atoms with van der Waals surface area (Å²) in [7, 11) is 0. The molecule has 0 fully saturated rings. The Bertz CT molecular complexity index is 500. The monoisotopic (exact) mass is 323 g/mol. The minimum Gasteiger partial charge on any atom is -0.383 e. The van der Waals surface area contributed by atoms with Crippen molar-refractivity contribution in [2.45, 2.75) is 32.7 Å². The number of carbonyl (C=O) groups is 1. The molecule has 1 rings (SSSR count). The van der Waals surface area contributed by atoms with Gasteiger partial charge in [0.25, 0.3) is 0 Å². The predicted octanol–water partition coefficient (Wildman–Crippen LogP) is 3.04. The van der Waals surface area contributed by atoms with Crippen LogP contribution in [0.15, 0.2) is 22.7 Å². The highest BCUT2D eigenvalue weighted by Gasteiger charge is 2.13. The van der Waals surface area contributed by atoms with Crippen molar-refractivity contribution in [3.05, 3.63) is 28.2 Å². The zero-order chi connectivity index (χ0) is 14.5. The fraction of sp³-hybridized carbons (Fsp3) is 0.429. The normalized spacial score (nSPS) is 10.7. The summed E-state index contributed by atoms with van der Waals surface area (Å²) in [6.07, 6.45) is 0.370. The summed E-state index contributed by atoms with van der Waals surface area (Å²) in [4.78, 5) is 11.6. The molecule has 19 heavy (non-hydrogen) atoms. The Hall–Kier alpha value is -1.54. The number of anilines is 1. The highest BCUT2D eigenvalue weighted by molar-refractivity contribution is 9.10. The molecular weight excluding hydrogens is 306 g/mol. The molecule has 0 spiro atoms. The van der Waals surface area contributed by atoms with E-state index < -0.39 is 0 Å². The van der Waals surface area contributed by atoms with Crippen LogP contribution in [0.1, 0.15) is 32.8 Å². The summed E-state index contributed by atoms with van der Waals surface area (Å²) in [5.41, 5.74) is 1.07. The van der Waals surface area contributed by atoms with Crippen LogP contribution in [-0.4, -0.2) is 18.0 Å². The SMILES string of the molecule is CC(C)(C)NC(=O)CCNc1cccc(Br)c1C#N. The maximum atomic E-state index is 11.6. The number of halogens is 1. The number of nitrogens with one attached hydrogen (secondary N) is 2. The molecular formula is C14H18BrN3O. The van der Waals surface area contributed by atoms with Gasteiger partial charge < -0.3 is 10.6 Å². The van der Waals surface area contributed by atoms with Crippen LogP contribution in [0.25, 0.3) is 0 Å². The Kier molecular flexibility index (Phi) is 5.37. The molecule has 0 aliphatic carbocycles. The van der Waals surface area contributed by atoms with Gasteiger partial charge in [0, 0.05) is 23.0 Å². The third-order valence-electron chi connectivity index (χ3n) is 2.31. The fourth-order valence-electron chi connectivity index (χ4n) is 1.58. The van der Waals surface area contributed by atoms with Gasteiger partial charge >= 0.3 is 0 Å². The quantitative estimate of drug-likeness (QED) is 0.895. The van der Waals surface area contributed by atoms with Crippen LogP contribution >= 0.6 is 15.9 Å². The van der Waals surface area contributed by atoms with E-state index in [1.54, 1.807) is 0 Å². The van der Waals surface area contributed by atoms with E-state index in [4.69, 9.17) is 5.26 Å². The first-order valence-corrected chi connectivity index (χ1v) is 6.86. The van der Waals surface area contributed by atoms with E-state index in [-0.39, 0.29) is 11.4 Å². The van der Waals surface area contributed by atoms with Gasteiger partial charge in [-0.1, -0.05) is 6.07 Å². The first kappa shape index (κ1) is 15.5. The lowest BCUT2D eigenvalue weighted by atomic mass is 10.1. The Balaban J connectivity index is 2.53. The van der Waals surface area contributed by atoms with Crippen molar-refractivity contribution in [3.8, 4) is 6.07 Å². The second-order valence-electron chi connectivity index (χ2n) is 5.25. The van der Waals surface area contributed by atoms with Gasteiger partial charge in [0.1, 0.15) is 6.07 Å². The summed E-state index contributed by atoms with van der Waals surface area (Å²) in [6.45, 7) is 6.33. The summed E-state index contributed by atoms with van der Waals surface area (Å²) in [5, 5.41) is 15.1. The number of benzene rings is 1. The van der Waals surface area contributed by atoms with Crippen molar-refractivity contribution < 1.29 is 4.79 Å². The highest BCUT2D eigenvalue weighted by atomic mass is 79.9. The van der Waals surface area contributed by atoms with Crippen LogP contribution in [0.2, 0.25) is 0 Å². The van der Waals surface area contributed by atoms with Crippen molar-refractivity contribution in [1.29, 1.82) is 5.26 Å². The molecule has 0 aliphatic heterocycles. The van der Waals surface area contributed by atoms with E-state index in [1.165, 1.54) is 0 Å². The second-order valence-corrected chi connectivity index (χ2v) is 6.10. The molecule has 102 valence electrons. The molecule has 1 aromatic rings. The lowest BCUT2D eigenvalue weighted by Gasteiger charge is -2.20. The maximum Gasteiger partial charge on any atom is 0.222 e. The molecule has 1 aromatic carbocycles. The molecule has 0 unspecified atom stereocenters. The number of rotatable bonds is 4. The van der Waals surface area contributed by atoms with E-state index in [0.29, 0.717) is 18.5 Å². The molecule has 1 amide bonds. The highest BCUT2D eigenvalue weighted by Crippen LogP contribution is 2.23. The first-order chi connectivity index (χ1) is 8.83. The summed E-state index contributed by atoms with van der Waals surface area (Å²) >= 11 is 3.33. The zero-order valence-corrected chi connectivity index (χ0v) is 13.0. The number of carbonyl (C=O) groups excluding carboxylic acids is 1. The van der Waals surface area contributed by atoms with Gasteiger partial charge in [0.05, 0.1) is 11.3 Å². The number of hydrogen-bond acceptors (Lipinski definition) is 3. The van der Waals surface area contributed by atoms with Crippen LogP contribution < -0.4 is 10.6 Å². The van der Waals surface area contributed by atoms with Gasteiger partial charge in [-0.3, -0.25) is 4.79 Å². The number of amides is 1. The molecule has 0 saturated carbocycles. The van der Waals surface area contributed by atoms with Crippen LogP contribution in [-0.2, 0) is 4.79 Å².